The van der Waals surface area contributed by atoms with Gasteiger partial charge in [-0.05, 0) is 52.4 Å². The molecule has 0 saturated heterocycles. The minimum atomic E-state index is -0.106. The van der Waals surface area contributed by atoms with E-state index in [0.717, 1.165) is 6.42 Å². The van der Waals surface area contributed by atoms with Crippen molar-refractivity contribution in [2.45, 2.75) is 59.9 Å². The molecular formula is C17H29NO. The van der Waals surface area contributed by atoms with Crippen molar-refractivity contribution in [1.29, 1.82) is 0 Å². The molecule has 1 aliphatic rings. The Morgan fingerprint density at radius 2 is 2.11 bits per heavy atom. The second-order valence-corrected chi connectivity index (χ2v) is 6.86. The Morgan fingerprint density at radius 3 is 2.58 bits per heavy atom. The van der Waals surface area contributed by atoms with Crippen molar-refractivity contribution in [2.24, 2.45) is 11.8 Å². The number of hydrogen-bond donors (Lipinski definition) is 0. The maximum atomic E-state index is 11.7. The molecule has 0 aromatic rings. The monoisotopic (exact) mass is 263 g/mol. The van der Waals surface area contributed by atoms with Crippen molar-refractivity contribution in [3.05, 3.63) is 23.8 Å². The number of allylic oxidation sites excluding steroid dienone is 3. The van der Waals surface area contributed by atoms with Gasteiger partial charge in [0, 0.05) is 19.0 Å². The lowest BCUT2D eigenvalue weighted by atomic mass is 9.81. The average molecular weight is 263 g/mol. The predicted molar refractivity (Wildman–Crippen MR) is 81.9 cm³/mol. The predicted octanol–water partition coefficient (Wildman–Crippen LogP) is 4.18. The van der Waals surface area contributed by atoms with Crippen LogP contribution in [0, 0.1) is 11.8 Å². The highest BCUT2D eigenvalue weighted by atomic mass is 16.2. The number of carbonyl (C=O) groups is 1. The van der Waals surface area contributed by atoms with Gasteiger partial charge in [0.2, 0.25) is 5.91 Å². The van der Waals surface area contributed by atoms with Crippen LogP contribution in [0.3, 0.4) is 0 Å². The number of nitrogens with zero attached hydrogens (tertiary/aromatic N) is 1. The largest absolute Gasteiger partial charge is 0.334 e. The van der Waals surface area contributed by atoms with Crippen molar-refractivity contribution in [3.8, 4) is 0 Å². The lowest BCUT2D eigenvalue weighted by Crippen LogP contribution is -2.44. The van der Waals surface area contributed by atoms with E-state index in [2.05, 4.69) is 52.8 Å². The zero-order valence-electron chi connectivity index (χ0n) is 13.4. The topological polar surface area (TPSA) is 20.3 Å². The van der Waals surface area contributed by atoms with Crippen LogP contribution < -0.4 is 0 Å². The fourth-order valence-corrected chi connectivity index (χ4v) is 2.80. The van der Waals surface area contributed by atoms with E-state index in [1.54, 1.807) is 6.92 Å². The van der Waals surface area contributed by atoms with E-state index in [-0.39, 0.29) is 11.4 Å². The van der Waals surface area contributed by atoms with Crippen LogP contribution in [0.1, 0.15) is 54.4 Å². The van der Waals surface area contributed by atoms with Gasteiger partial charge in [0.1, 0.15) is 0 Å². The zero-order chi connectivity index (χ0) is 14.6. The summed E-state index contributed by atoms with van der Waals surface area (Å²) >= 11 is 0. The minimum absolute atomic E-state index is 0.106. The van der Waals surface area contributed by atoms with Crippen LogP contribution in [-0.2, 0) is 4.79 Å². The molecule has 1 amide bonds. The molecule has 0 aliphatic heterocycles. The molecule has 2 unspecified atom stereocenters. The fourth-order valence-electron chi connectivity index (χ4n) is 2.80. The fraction of sp³-hybridized carbons (Fsp3) is 0.706. The molecule has 0 spiro atoms. The van der Waals surface area contributed by atoms with Gasteiger partial charge in [-0.25, -0.2) is 0 Å². The molecule has 2 nitrogen and oxygen atoms in total. The van der Waals surface area contributed by atoms with Crippen LogP contribution in [0.5, 0.6) is 0 Å². The molecule has 0 fully saturated rings. The normalized spacial score (nSPS) is 24.4. The summed E-state index contributed by atoms with van der Waals surface area (Å²) in [6.45, 7) is 13.1. The van der Waals surface area contributed by atoms with Gasteiger partial charge in [0.25, 0.3) is 0 Å². The third-order valence-corrected chi connectivity index (χ3v) is 3.97. The molecule has 0 N–H and O–H groups in total. The van der Waals surface area contributed by atoms with Crippen molar-refractivity contribution in [2.75, 3.05) is 6.54 Å². The number of amides is 1. The van der Waals surface area contributed by atoms with Crippen molar-refractivity contribution < 1.29 is 4.79 Å². The van der Waals surface area contributed by atoms with Gasteiger partial charge in [0.05, 0.1) is 0 Å². The van der Waals surface area contributed by atoms with Crippen LogP contribution in [0.2, 0.25) is 0 Å². The van der Waals surface area contributed by atoms with E-state index in [1.807, 2.05) is 4.90 Å². The van der Waals surface area contributed by atoms with Crippen molar-refractivity contribution in [1.82, 2.24) is 4.90 Å². The summed E-state index contributed by atoms with van der Waals surface area (Å²) in [5.41, 5.74) is 1.40. The van der Waals surface area contributed by atoms with E-state index in [4.69, 9.17) is 0 Å². The molecule has 1 rings (SSSR count). The summed E-state index contributed by atoms with van der Waals surface area (Å²) in [7, 11) is 0. The highest BCUT2D eigenvalue weighted by Crippen LogP contribution is 2.30. The van der Waals surface area contributed by atoms with Crippen molar-refractivity contribution >= 4 is 5.91 Å². The Labute approximate surface area is 118 Å². The molecule has 0 saturated carbocycles. The lowest BCUT2D eigenvalue weighted by molar-refractivity contribution is -0.132. The molecule has 0 aromatic heterocycles. The molecular weight excluding hydrogens is 234 g/mol. The van der Waals surface area contributed by atoms with Gasteiger partial charge in [-0.1, -0.05) is 30.7 Å². The summed E-state index contributed by atoms with van der Waals surface area (Å²) in [4.78, 5) is 13.6. The standard InChI is InChI=1S/C17H29NO/c1-13-9-10-16(14(2)12-13)8-7-11-18(15(3)19)17(4,5)6/h7-9,14,16H,10-12H2,1-6H3. The van der Waals surface area contributed by atoms with Crippen LogP contribution in [-0.4, -0.2) is 22.9 Å². The summed E-state index contributed by atoms with van der Waals surface area (Å²) in [6, 6.07) is 0. The quantitative estimate of drug-likeness (QED) is 0.699. The van der Waals surface area contributed by atoms with Gasteiger partial charge in [0.15, 0.2) is 0 Å². The first kappa shape index (κ1) is 16.0. The highest BCUT2D eigenvalue weighted by Gasteiger charge is 2.23. The SMILES string of the molecule is CC(=O)N(CC=CC1CC=C(C)CC1C)C(C)(C)C. The van der Waals surface area contributed by atoms with E-state index < -0.39 is 0 Å². The first-order valence-electron chi connectivity index (χ1n) is 7.32. The third-order valence-electron chi connectivity index (χ3n) is 3.97. The van der Waals surface area contributed by atoms with Crippen LogP contribution >= 0.6 is 0 Å². The maximum absolute atomic E-state index is 11.7. The number of rotatable bonds is 3. The summed E-state index contributed by atoms with van der Waals surface area (Å²) in [6.07, 6.45) is 9.16. The number of carbonyl (C=O) groups excluding carboxylic acids is 1. The highest BCUT2D eigenvalue weighted by molar-refractivity contribution is 5.74. The average Bonchev–Trinajstić information content (AvgIpc) is 2.24. The van der Waals surface area contributed by atoms with Gasteiger partial charge >= 0.3 is 0 Å². The van der Waals surface area contributed by atoms with Crippen LogP contribution in [0.25, 0.3) is 0 Å². The Hall–Kier alpha value is -1.05. The molecule has 0 bridgehead atoms. The molecule has 0 radical (unpaired) electrons. The Balaban J connectivity index is 2.60. The molecule has 2 atom stereocenters. The first-order chi connectivity index (χ1) is 8.71. The molecule has 2 heteroatoms. The van der Waals surface area contributed by atoms with E-state index >= 15 is 0 Å². The summed E-state index contributed by atoms with van der Waals surface area (Å²) in [5, 5.41) is 0. The Kier molecular flexibility index (Phi) is 5.39. The smallest absolute Gasteiger partial charge is 0.220 e. The molecule has 1 aliphatic carbocycles. The first-order valence-corrected chi connectivity index (χ1v) is 7.32. The van der Waals surface area contributed by atoms with Gasteiger partial charge in [-0.2, -0.15) is 0 Å². The van der Waals surface area contributed by atoms with E-state index in [1.165, 1.54) is 12.0 Å². The molecule has 0 heterocycles. The lowest BCUT2D eigenvalue weighted by Gasteiger charge is -2.34. The van der Waals surface area contributed by atoms with Crippen LogP contribution in [0.4, 0.5) is 0 Å². The molecule has 19 heavy (non-hydrogen) atoms. The molecule has 108 valence electrons. The van der Waals surface area contributed by atoms with Gasteiger partial charge < -0.3 is 4.90 Å². The van der Waals surface area contributed by atoms with E-state index in [0.29, 0.717) is 18.4 Å². The second-order valence-electron chi connectivity index (χ2n) is 6.86. The Bertz CT molecular complexity index is 373. The number of hydrogen-bond acceptors (Lipinski definition) is 1. The Morgan fingerprint density at radius 1 is 1.47 bits per heavy atom. The minimum Gasteiger partial charge on any atom is -0.334 e. The van der Waals surface area contributed by atoms with Crippen LogP contribution in [0.15, 0.2) is 23.8 Å². The second kappa shape index (κ2) is 6.40. The van der Waals surface area contributed by atoms with Gasteiger partial charge in [-0.3, -0.25) is 4.79 Å². The summed E-state index contributed by atoms with van der Waals surface area (Å²) < 4.78 is 0. The van der Waals surface area contributed by atoms with Gasteiger partial charge in [-0.15, -0.1) is 0 Å². The maximum Gasteiger partial charge on any atom is 0.220 e. The third kappa shape index (κ3) is 4.85. The molecule has 0 aromatic carbocycles. The summed E-state index contributed by atoms with van der Waals surface area (Å²) in [5.74, 6) is 1.48. The van der Waals surface area contributed by atoms with Crippen molar-refractivity contribution in [3.63, 3.8) is 0 Å². The zero-order valence-corrected chi connectivity index (χ0v) is 13.4. The van der Waals surface area contributed by atoms with E-state index in [9.17, 15) is 4.79 Å².